The molecular formula is C31H36ClN8O5S+. The summed E-state index contributed by atoms with van der Waals surface area (Å²) in [7, 11) is 4.99. The van der Waals surface area contributed by atoms with Crippen LogP contribution in [0.25, 0.3) is 5.57 Å². The van der Waals surface area contributed by atoms with Gasteiger partial charge in [-0.2, -0.15) is 10.0 Å². The van der Waals surface area contributed by atoms with Crippen LogP contribution in [0, 0.1) is 6.92 Å². The zero-order valence-corrected chi connectivity index (χ0v) is 27.4. The number of quaternary nitrogens is 1. The molecule has 15 heteroatoms. The lowest BCUT2D eigenvalue weighted by Gasteiger charge is -2.25. The molecule has 0 saturated heterocycles. The molecule has 5 amide bonds. The maximum absolute atomic E-state index is 13.5. The van der Waals surface area contributed by atoms with Gasteiger partial charge in [-0.05, 0) is 36.2 Å². The molecule has 46 heavy (non-hydrogen) atoms. The Balaban J connectivity index is 1.47. The van der Waals surface area contributed by atoms with E-state index in [1.807, 2.05) is 25.1 Å². The number of anilines is 2. The number of rotatable bonds is 14. The molecule has 2 aromatic heterocycles. The van der Waals surface area contributed by atoms with Crippen molar-refractivity contribution in [2.45, 2.75) is 18.2 Å². The highest BCUT2D eigenvalue weighted by molar-refractivity contribution is 7.99. The van der Waals surface area contributed by atoms with Crippen LogP contribution in [-0.2, 0) is 28.5 Å². The van der Waals surface area contributed by atoms with E-state index in [-0.39, 0.29) is 34.6 Å². The molecule has 0 spiro atoms. The summed E-state index contributed by atoms with van der Waals surface area (Å²) in [5.74, 6) is -0.544. The third-order valence-electron chi connectivity index (χ3n) is 7.23. The summed E-state index contributed by atoms with van der Waals surface area (Å²) >= 11 is 7.51. The highest BCUT2D eigenvalue weighted by atomic mass is 35.5. The number of benzene rings is 1. The van der Waals surface area contributed by atoms with Gasteiger partial charge in [0, 0.05) is 67.6 Å². The average Bonchev–Trinajstić information content (AvgIpc) is 3.66. The van der Waals surface area contributed by atoms with Crippen molar-refractivity contribution in [3.63, 3.8) is 0 Å². The van der Waals surface area contributed by atoms with Crippen LogP contribution in [0.4, 0.5) is 11.4 Å². The quantitative estimate of drug-likeness (QED) is 0.0767. The van der Waals surface area contributed by atoms with Gasteiger partial charge < -0.3 is 30.8 Å². The van der Waals surface area contributed by atoms with Gasteiger partial charge in [-0.1, -0.05) is 12.1 Å². The lowest BCUT2D eigenvalue weighted by atomic mass is 10.0. The van der Waals surface area contributed by atoms with Crippen molar-refractivity contribution >= 4 is 70.3 Å². The minimum Gasteiger partial charge on any atom is -0.370 e. The number of carbonyl (C=O) groups is 5. The Morgan fingerprint density at radius 2 is 1.61 bits per heavy atom. The van der Waals surface area contributed by atoms with E-state index >= 15 is 0 Å². The largest absolute Gasteiger partial charge is 0.370 e. The fourth-order valence-electron chi connectivity index (χ4n) is 4.95. The van der Waals surface area contributed by atoms with Crippen molar-refractivity contribution in [1.29, 1.82) is 0 Å². The number of nitrogens with two attached hydrogens (primary N) is 1. The summed E-state index contributed by atoms with van der Waals surface area (Å²) in [4.78, 5) is 62.7. The molecule has 1 aliphatic heterocycles. The topological polar surface area (TPSA) is 169 Å². The lowest BCUT2D eigenvalue weighted by Crippen LogP contribution is -2.50. The highest BCUT2D eigenvalue weighted by Crippen LogP contribution is 2.33. The molecule has 6 N–H and O–H groups in total. The molecule has 1 atom stereocenters. The predicted molar refractivity (Wildman–Crippen MR) is 178 cm³/mol. The maximum atomic E-state index is 13.5. The second kappa shape index (κ2) is 14.5. The normalized spacial score (nSPS) is 15.5. The van der Waals surface area contributed by atoms with Gasteiger partial charge in [0.2, 0.25) is 11.6 Å². The van der Waals surface area contributed by atoms with E-state index in [0.717, 1.165) is 27.3 Å². The zero-order chi connectivity index (χ0) is 33.6. The Kier molecular flexibility index (Phi) is 10.8. The first-order valence-corrected chi connectivity index (χ1v) is 15.7. The summed E-state index contributed by atoms with van der Waals surface area (Å²) in [6.45, 7) is 2.11. The molecule has 242 valence electrons. The summed E-state index contributed by atoms with van der Waals surface area (Å²) < 4.78 is 2.84. The Morgan fingerprint density at radius 1 is 0.978 bits per heavy atom. The summed E-state index contributed by atoms with van der Waals surface area (Å²) in [5, 5.41) is 8.19. The highest BCUT2D eigenvalue weighted by Gasteiger charge is 2.38. The maximum Gasteiger partial charge on any atom is 0.312 e. The number of likely N-dealkylation sites (N-methyl/N-ethyl adjacent to an activating group) is 1. The molecule has 0 aliphatic carbocycles. The number of aromatic nitrogens is 2. The van der Waals surface area contributed by atoms with Crippen molar-refractivity contribution in [3.05, 3.63) is 83.2 Å². The van der Waals surface area contributed by atoms with Crippen LogP contribution >= 0.6 is 23.4 Å². The van der Waals surface area contributed by atoms with E-state index in [9.17, 15) is 24.0 Å². The number of hydrogen-bond donors (Lipinski definition) is 5. The Bertz CT molecular complexity index is 1760. The summed E-state index contributed by atoms with van der Waals surface area (Å²) in [6.07, 6.45) is 7.21. The fraction of sp³-hybridized carbons (Fsp3) is 0.258. The van der Waals surface area contributed by atoms with Crippen LogP contribution in [0.2, 0.25) is 0 Å². The van der Waals surface area contributed by atoms with Crippen LogP contribution < -0.4 is 27.1 Å². The number of nitrogens with zero attached hydrogens (tertiary/aromatic N) is 3. The fourth-order valence-corrected chi connectivity index (χ4v) is 5.93. The molecule has 0 bridgehead atoms. The number of hydrogen-bond acceptors (Lipinski definition) is 6. The monoisotopic (exact) mass is 667 g/mol. The molecule has 1 unspecified atom stereocenters. The molecular weight excluding hydrogens is 632 g/mol. The van der Waals surface area contributed by atoms with Gasteiger partial charge in [0.25, 0.3) is 18.2 Å². The van der Waals surface area contributed by atoms with Gasteiger partial charge in [-0.25, -0.2) is 0 Å². The number of thioether (sulfide) groups is 1. The molecule has 4 rings (SSSR count). The summed E-state index contributed by atoms with van der Waals surface area (Å²) in [5.41, 5.74) is 12.1. The van der Waals surface area contributed by atoms with Crippen molar-refractivity contribution in [2.24, 2.45) is 19.8 Å². The van der Waals surface area contributed by atoms with Crippen molar-refractivity contribution in [2.75, 3.05) is 35.9 Å². The van der Waals surface area contributed by atoms with Crippen molar-refractivity contribution < 1.29 is 28.6 Å². The number of primary amides is 1. The van der Waals surface area contributed by atoms with E-state index in [4.69, 9.17) is 17.3 Å². The van der Waals surface area contributed by atoms with Crippen LogP contribution in [0.5, 0.6) is 0 Å². The van der Waals surface area contributed by atoms with Crippen LogP contribution in [0.1, 0.15) is 38.5 Å². The van der Waals surface area contributed by atoms with E-state index < -0.39 is 23.6 Å². The van der Waals surface area contributed by atoms with E-state index in [1.54, 1.807) is 66.7 Å². The third kappa shape index (κ3) is 7.88. The van der Waals surface area contributed by atoms with Crippen molar-refractivity contribution in [1.82, 2.24) is 19.9 Å². The minimum absolute atomic E-state index is 0.00944. The van der Waals surface area contributed by atoms with Gasteiger partial charge >= 0.3 is 5.91 Å². The lowest BCUT2D eigenvalue weighted by molar-refractivity contribution is -0.849. The van der Waals surface area contributed by atoms with Gasteiger partial charge in [0.15, 0.2) is 0 Å². The average molecular weight is 668 g/mol. The zero-order valence-electron chi connectivity index (χ0n) is 25.8. The number of halogens is 1. The van der Waals surface area contributed by atoms with E-state index in [0.29, 0.717) is 23.7 Å². The Labute approximate surface area is 275 Å². The second-order valence-corrected chi connectivity index (χ2v) is 12.3. The standard InChI is InChI=1S/C31H35ClN8O5S/c1-19-11-20(5-6-27(19)46-10-8-32)21-12-26(40(4,17-21)35-18-41)31(45)37-23-14-25(39(3)16-23)30(44)36-22-13-24(38(2)15-22)29(43)34-9-7-28(33)42/h5-6,11-18H,7-10H2,1-4H3,(H5-,33,34,35,36,37,41,42,43,44,45)/p+1. The molecule has 0 radical (unpaired) electrons. The molecule has 0 fully saturated rings. The van der Waals surface area contributed by atoms with E-state index in [1.165, 1.54) is 12.1 Å². The molecule has 1 aliphatic rings. The molecule has 0 saturated carbocycles. The number of nitrogens with one attached hydrogen (secondary N) is 4. The first-order chi connectivity index (χ1) is 21.8. The molecule has 3 heterocycles. The molecule has 3 aromatic rings. The van der Waals surface area contributed by atoms with Crippen molar-refractivity contribution in [3.8, 4) is 0 Å². The number of allylic oxidation sites excluding steroid dienone is 2. The molecule has 13 nitrogen and oxygen atoms in total. The first-order valence-electron chi connectivity index (χ1n) is 14.2. The first kappa shape index (κ1) is 34.1. The van der Waals surface area contributed by atoms with Gasteiger partial charge in [0.1, 0.15) is 24.6 Å². The number of amides is 5. The van der Waals surface area contributed by atoms with Gasteiger partial charge in [-0.3, -0.25) is 24.0 Å². The molecule has 1 aromatic carbocycles. The predicted octanol–water partition coefficient (Wildman–Crippen LogP) is 2.85. The van der Waals surface area contributed by atoms with Gasteiger partial charge in [0.05, 0.1) is 11.4 Å². The number of aryl methyl sites for hydroxylation is 3. The van der Waals surface area contributed by atoms with Crippen LogP contribution in [0.3, 0.4) is 0 Å². The summed E-state index contributed by atoms with van der Waals surface area (Å²) in [6, 6.07) is 9.04. The Morgan fingerprint density at radius 3 is 2.20 bits per heavy atom. The second-order valence-electron chi connectivity index (χ2n) is 10.8. The van der Waals surface area contributed by atoms with Gasteiger partial charge in [-0.15, -0.1) is 23.4 Å². The smallest absolute Gasteiger partial charge is 0.312 e. The van der Waals surface area contributed by atoms with E-state index in [2.05, 4.69) is 21.4 Å². The van der Waals surface area contributed by atoms with Crippen LogP contribution in [-0.4, -0.2) is 69.0 Å². The number of carbonyl (C=O) groups excluding carboxylic acids is 5. The third-order valence-corrected chi connectivity index (χ3v) is 8.82. The van der Waals surface area contributed by atoms with Crippen LogP contribution in [0.15, 0.2) is 65.6 Å². The number of alkyl halides is 1. The SMILES string of the molecule is Cc1cc(C2=C[N+](C)(NC=O)C(C(=O)Nc3cc(C(=O)Nc4cc(C(=O)NCCC(N)=O)n(C)c4)n(C)c3)=C2)ccc1SCCCl. The minimum atomic E-state index is -0.528. The Hall–Kier alpha value is -4.79.